The molecular weight excluding hydrogens is 230 g/mol. The number of aldehydes is 1. The van der Waals surface area contributed by atoms with Gasteiger partial charge in [-0.2, -0.15) is 0 Å². The van der Waals surface area contributed by atoms with Gasteiger partial charge in [-0.3, -0.25) is 0 Å². The number of rotatable bonds is 3. The summed E-state index contributed by atoms with van der Waals surface area (Å²) in [5.41, 5.74) is -0.886. The zero-order valence-electron chi connectivity index (χ0n) is 11.9. The monoisotopic (exact) mass is 255 g/mol. The predicted octanol–water partition coefficient (Wildman–Crippen LogP) is 2.91. The molecule has 1 N–H and O–H groups in total. The Labute approximate surface area is 109 Å². The van der Waals surface area contributed by atoms with Crippen LogP contribution in [0.3, 0.4) is 0 Å². The van der Waals surface area contributed by atoms with Gasteiger partial charge in [0, 0.05) is 12.0 Å². The Balaban J connectivity index is 2.45. The Bertz CT molecular complexity index is 299. The number of amides is 1. The first-order valence-corrected chi connectivity index (χ1v) is 6.69. The second-order valence-electron chi connectivity index (χ2n) is 6.52. The quantitative estimate of drug-likeness (QED) is 0.789. The van der Waals surface area contributed by atoms with Crippen molar-refractivity contribution in [3.05, 3.63) is 0 Å². The number of ether oxygens (including phenoxy) is 1. The lowest BCUT2D eigenvalue weighted by atomic mass is 9.72. The van der Waals surface area contributed by atoms with E-state index >= 15 is 0 Å². The molecular formula is C14H25NO3. The van der Waals surface area contributed by atoms with Crippen molar-refractivity contribution in [3.63, 3.8) is 0 Å². The maximum Gasteiger partial charge on any atom is 0.407 e. The van der Waals surface area contributed by atoms with Crippen LogP contribution in [0.1, 0.15) is 53.4 Å². The van der Waals surface area contributed by atoms with Gasteiger partial charge >= 0.3 is 6.09 Å². The van der Waals surface area contributed by atoms with E-state index in [0.29, 0.717) is 12.5 Å². The topological polar surface area (TPSA) is 55.4 Å². The van der Waals surface area contributed by atoms with Crippen LogP contribution < -0.4 is 5.32 Å². The number of nitrogens with one attached hydrogen (secondary N) is 1. The van der Waals surface area contributed by atoms with Crippen molar-refractivity contribution < 1.29 is 14.3 Å². The lowest BCUT2D eigenvalue weighted by Gasteiger charge is -2.35. The minimum Gasteiger partial charge on any atom is -0.444 e. The van der Waals surface area contributed by atoms with Crippen molar-refractivity contribution in [2.75, 3.05) is 6.54 Å². The first kappa shape index (κ1) is 15.0. The molecule has 0 unspecified atom stereocenters. The number of alkyl carbamates (subject to hydrolysis) is 1. The predicted molar refractivity (Wildman–Crippen MR) is 70.4 cm³/mol. The smallest absolute Gasteiger partial charge is 0.407 e. The molecule has 0 aromatic rings. The summed E-state index contributed by atoms with van der Waals surface area (Å²) < 4.78 is 5.17. The fourth-order valence-electron chi connectivity index (χ4n) is 2.24. The Hall–Kier alpha value is -1.06. The van der Waals surface area contributed by atoms with Gasteiger partial charge in [-0.25, -0.2) is 4.79 Å². The molecule has 0 heterocycles. The van der Waals surface area contributed by atoms with Gasteiger partial charge in [-0.05, 0) is 52.4 Å². The van der Waals surface area contributed by atoms with Gasteiger partial charge in [0.05, 0.1) is 0 Å². The van der Waals surface area contributed by atoms with Gasteiger partial charge in [0.2, 0.25) is 0 Å². The number of carbonyl (C=O) groups is 2. The third kappa shape index (κ3) is 4.67. The molecule has 1 amide bonds. The lowest BCUT2D eigenvalue weighted by Crippen LogP contribution is -2.42. The van der Waals surface area contributed by atoms with E-state index in [4.69, 9.17) is 4.74 Å². The molecule has 4 nitrogen and oxygen atoms in total. The van der Waals surface area contributed by atoms with E-state index in [1.54, 1.807) is 0 Å². The first-order valence-electron chi connectivity index (χ1n) is 6.69. The van der Waals surface area contributed by atoms with E-state index in [1.165, 1.54) is 0 Å². The van der Waals surface area contributed by atoms with Crippen LogP contribution in [0, 0.1) is 11.3 Å². The fraction of sp³-hybridized carbons (Fsp3) is 0.857. The van der Waals surface area contributed by atoms with Crippen LogP contribution in [0.4, 0.5) is 4.79 Å². The van der Waals surface area contributed by atoms with Crippen LogP contribution in [-0.2, 0) is 9.53 Å². The van der Waals surface area contributed by atoms with Crippen LogP contribution in [-0.4, -0.2) is 24.5 Å². The fourth-order valence-corrected chi connectivity index (χ4v) is 2.24. The Morgan fingerprint density at radius 3 is 2.39 bits per heavy atom. The summed E-state index contributed by atoms with van der Waals surface area (Å²) in [6.45, 7) is 8.06. The highest BCUT2D eigenvalue weighted by Gasteiger charge is 2.34. The SMILES string of the molecule is CC1CCC(C=O)(CNC(=O)OC(C)(C)C)CC1. The molecule has 0 aromatic heterocycles. The number of hydrogen-bond acceptors (Lipinski definition) is 3. The van der Waals surface area contributed by atoms with Crippen molar-refractivity contribution in [3.8, 4) is 0 Å². The molecule has 4 heteroatoms. The average Bonchev–Trinajstić information content (AvgIpc) is 2.27. The van der Waals surface area contributed by atoms with Crippen LogP contribution >= 0.6 is 0 Å². The summed E-state index contributed by atoms with van der Waals surface area (Å²) in [5, 5.41) is 2.72. The van der Waals surface area contributed by atoms with Crippen molar-refractivity contribution in [2.24, 2.45) is 11.3 Å². The van der Waals surface area contributed by atoms with Gasteiger partial charge in [0.15, 0.2) is 0 Å². The molecule has 0 saturated heterocycles. The number of hydrogen-bond donors (Lipinski definition) is 1. The Morgan fingerprint density at radius 2 is 1.94 bits per heavy atom. The highest BCUT2D eigenvalue weighted by atomic mass is 16.6. The van der Waals surface area contributed by atoms with Gasteiger partial charge in [-0.15, -0.1) is 0 Å². The third-order valence-electron chi connectivity index (χ3n) is 3.50. The molecule has 1 rings (SSSR count). The molecule has 0 bridgehead atoms. The third-order valence-corrected chi connectivity index (χ3v) is 3.50. The zero-order chi connectivity index (χ0) is 13.8. The molecule has 18 heavy (non-hydrogen) atoms. The largest absolute Gasteiger partial charge is 0.444 e. The van der Waals surface area contributed by atoms with Crippen molar-refractivity contribution in [1.29, 1.82) is 0 Å². The Kier molecular flexibility index (Phi) is 4.77. The van der Waals surface area contributed by atoms with E-state index in [2.05, 4.69) is 12.2 Å². The molecule has 0 radical (unpaired) electrons. The molecule has 0 aliphatic heterocycles. The minimum atomic E-state index is -0.500. The zero-order valence-corrected chi connectivity index (χ0v) is 11.9. The van der Waals surface area contributed by atoms with Crippen LogP contribution in [0.2, 0.25) is 0 Å². The summed E-state index contributed by atoms with van der Waals surface area (Å²) in [6.07, 6.45) is 4.38. The second-order valence-corrected chi connectivity index (χ2v) is 6.52. The molecule has 0 aromatic carbocycles. The maximum absolute atomic E-state index is 11.6. The standard InChI is InChI=1S/C14H25NO3/c1-11-5-7-14(10-16,8-6-11)9-15-12(17)18-13(2,3)4/h10-11H,5-9H2,1-4H3,(H,15,17). The number of carbonyl (C=O) groups excluding carboxylic acids is 2. The van der Waals surface area contributed by atoms with E-state index in [0.717, 1.165) is 32.0 Å². The van der Waals surface area contributed by atoms with E-state index < -0.39 is 11.7 Å². The van der Waals surface area contributed by atoms with Crippen molar-refractivity contribution in [1.82, 2.24) is 5.32 Å². The summed E-state index contributed by atoms with van der Waals surface area (Å²) in [7, 11) is 0. The summed E-state index contributed by atoms with van der Waals surface area (Å²) in [4.78, 5) is 22.9. The molecule has 0 spiro atoms. The van der Waals surface area contributed by atoms with E-state index in [-0.39, 0.29) is 5.41 Å². The van der Waals surface area contributed by atoms with Crippen LogP contribution in [0.15, 0.2) is 0 Å². The summed E-state index contributed by atoms with van der Waals surface area (Å²) in [5.74, 6) is 0.680. The van der Waals surface area contributed by atoms with Crippen LogP contribution in [0.5, 0.6) is 0 Å². The molecule has 1 aliphatic rings. The Morgan fingerprint density at radius 1 is 1.39 bits per heavy atom. The average molecular weight is 255 g/mol. The van der Waals surface area contributed by atoms with Gasteiger partial charge in [0.1, 0.15) is 11.9 Å². The highest BCUT2D eigenvalue weighted by molar-refractivity contribution is 5.69. The van der Waals surface area contributed by atoms with E-state index in [1.807, 2.05) is 20.8 Å². The minimum absolute atomic E-state index is 0.386. The van der Waals surface area contributed by atoms with Gasteiger partial charge in [-0.1, -0.05) is 6.92 Å². The molecule has 0 atom stereocenters. The molecule has 1 fully saturated rings. The second kappa shape index (κ2) is 5.72. The summed E-state index contributed by atoms with van der Waals surface area (Å²) >= 11 is 0. The molecule has 1 saturated carbocycles. The first-order chi connectivity index (χ1) is 8.26. The van der Waals surface area contributed by atoms with Crippen LogP contribution in [0.25, 0.3) is 0 Å². The molecule has 1 aliphatic carbocycles. The van der Waals surface area contributed by atoms with Crippen molar-refractivity contribution in [2.45, 2.75) is 59.0 Å². The normalized spacial score (nSPS) is 28.6. The van der Waals surface area contributed by atoms with Gasteiger partial charge in [0.25, 0.3) is 0 Å². The molecule has 104 valence electrons. The maximum atomic E-state index is 11.6. The lowest BCUT2D eigenvalue weighted by molar-refractivity contribution is -0.118. The van der Waals surface area contributed by atoms with E-state index in [9.17, 15) is 9.59 Å². The van der Waals surface area contributed by atoms with Crippen molar-refractivity contribution >= 4 is 12.4 Å². The highest BCUT2D eigenvalue weighted by Crippen LogP contribution is 2.36. The summed E-state index contributed by atoms with van der Waals surface area (Å²) in [6, 6.07) is 0. The van der Waals surface area contributed by atoms with Gasteiger partial charge < -0.3 is 14.8 Å².